The summed E-state index contributed by atoms with van der Waals surface area (Å²) in [6.45, 7) is 8.48. The molecule has 1 saturated heterocycles. The maximum atomic E-state index is 13.2. The Morgan fingerprint density at radius 3 is 2.45 bits per heavy atom. The lowest BCUT2D eigenvalue weighted by Crippen LogP contribution is -2.50. The van der Waals surface area contributed by atoms with Gasteiger partial charge in [0.15, 0.2) is 0 Å². The molecule has 29 heavy (non-hydrogen) atoms. The van der Waals surface area contributed by atoms with Crippen LogP contribution in [0.3, 0.4) is 0 Å². The summed E-state index contributed by atoms with van der Waals surface area (Å²) in [5, 5.41) is 5.98. The second-order valence-corrected chi connectivity index (χ2v) is 9.68. The first kappa shape index (κ1) is 19.9. The van der Waals surface area contributed by atoms with E-state index in [0.717, 1.165) is 23.3 Å². The number of hydrogen-bond donors (Lipinski definition) is 2. The van der Waals surface area contributed by atoms with Gasteiger partial charge in [0.2, 0.25) is 5.91 Å². The number of rotatable bonds is 5. The van der Waals surface area contributed by atoms with Crippen LogP contribution in [0.25, 0.3) is 0 Å². The van der Waals surface area contributed by atoms with Crippen molar-refractivity contribution in [1.29, 1.82) is 0 Å². The summed E-state index contributed by atoms with van der Waals surface area (Å²) in [6.07, 6.45) is 3.71. The molecule has 2 aliphatic carbocycles. The van der Waals surface area contributed by atoms with Gasteiger partial charge >= 0.3 is 6.03 Å². The smallest absolute Gasteiger partial charge is 0.325 e. The molecule has 4 unspecified atom stereocenters. The topological polar surface area (TPSA) is 78.5 Å². The lowest BCUT2D eigenvalue weighted by molar-refractivity contribution is -0.135. The molecule has 6 nitrogen and oxygen atoms in total. The molecule has 1 aliphatic heterocycles. The fourth-order valence-electron chi connectivity index (χ4n) is 5.94. The van der Waals surface area contributed by atoms with Crippen molar-refractivity contribution in [3.05, 3.63) is 35.9 Å². The lowest BCUT2D eigenvalue weighted by Gasteiger charge is -2.39. The fourth-order valence-corrected chi connectivity index (χ4v) is 5.94. The highest BCUT2D eigenvalue weighted by atomic mass is 16.2. The molecular formula is C23H31N3O3. The van der Waals surface area contributed by atoms with Gasteiger partial charge in [0.1, 0.15) is 12.1 Å². The second-order valence-electron chi connectivity index (χ2n) is 9.68. The maximum absolute atomic E-state index is 13.2. The van der Waals surface area contributed by atoms with Crippen molar-refractivity contribution in [3.63, 3.8) is 0 Å². The number of hydrogen-bond acceptors (Lipinski definition) is 3. The minimum Gasteiger partial charge on any atom is -0.351 e. The first-order valence-electron chi connectivity index (χ1n) is 10.6. The number of nitrogens with zero attached hydrogens (tertiary/aromatic N) is 1. The summed E-state index contributed by atoms with van der Waals surface area (Å²) in [7, 11) is 0. The van der Waals surface area contributed by atoms with Crippen LogP contribution in [0.2, 0.25) is 0 Å². The van der Waals surface area contributed by atoms with Gasteiger partial charge in [-0.1, -0.05) is 58.0 Å². The molecule has 0 aromatic heterocycles. The van der Waals surface area contributed by atoms with Crippen LogP contribution in [0.5, 0.6) is 0 Å². The van der Waals surface area contributed by atoms with Gasteiger partial charge in [-0.25, -0.2) is 4.79 Å². The Kier molecular flexibility index (Phi) is 4.52. The van der Waals surface area contributed by atoms with E-state index in [1.165, 1.54) is 6.42 Å². The Morgan fingerprint density at radius 1 is 1.21 bits per heavy atom. The number of urea groups is 1. The number of carbonyl (C=O) groups excluding carboxylic acids is 3. The summed E-state index contributed by atoms with van der Waals surface area (Å²) in [5.74, 6) is -0.00536. The number of carbonyl (C=O) groups is 3. The van der Waals surface area contributed by atoms with E-state index in [9.17, 15) is 14.4 Å². The normalized spacial score (nSPS) is 35.1. The van der Waals surface area contributed by atoms with E-state index in [1.54, 1.807) is 0 Å². The van der Waals surface area contributed by atoms with E-state index < -0.39 is 11.6 Å². The molecule has 2 saturated carbocycles. The highest BCUT2D eigenvalue weighted by Gasteiger charge is 2.61. The Morgan fingerprint density at radius 2 is 1.90 bits per heavy atom. The Hall–Kier alpha value is -2.37. The van der Waals surface area contributed by atoms with Gasteiger partial charge in [-0.15, -0.1) is 0 Å². The Bertz CT molecular complexity index is 852. The average Bonchev–Trinajstić information content (AvgIpc) is 3.15. The maximum Gasteiger partial charge on any atom is 0.325 e. The third kappa shape index (κ3) is 2.71. The molecule has 2 bridgehead atoms. The van der Waals surface area contributed by atoms with Crippen molar-refractivity contribution in [2.45, 2.75) is 65.0 Å². The first-order valence-corrected chi connectivity index (χ1v) is 10.6. The molecule has 4 amide bonds. The molecule has 156 valence electrons. The third-order valence-electron chi connectivity index (χ3n) is 8.40. The van der Waals surface area contributed by atoms with E-state index in [2.05, 4.69) is 31.4 Å². The Balaban J connectivity index is 1.48. The molecule has 3 fully saturated rings. The number of fused-ring (bicyclic) bond motifs is 2. The van der Waals surface area contributed by atoms with Crippen molar-refractivity contribution >= 4 is 17.8 Å². The van der Waals surface area contributed by atoms with Gasteiger partial charge in [-0.2, -0.15) is 0 Å². The number of imide groups is 1. The van der Waals surface area contributed by atoms with Crippen LogP contribution in [-0.4, -0.2) is 35.3 Å². The molecule has 2 N–H and O–H groups in total. The largest absolute Gasteiger partial charge is 0.351 e. The molecule has 6 heteroatoms. The quantitative estimate of drug-likeness (QED) is 0.749. The monoisotopic (exact) mass is 397 g/mol. The summed E-state index contributed by atoms with van der Waals surface area (Å²) in [4.78, 5) is 39.7. The highest BCUT2D eigenvalue weighted by molar-refractivity contribution is 6.09. The summed E-state index contributed by atoms with van der Waals surface area (Å²) in [6, 6.07) is 8.83. The summed E-state index contributed by atoms with van der Waals surface area (Å²) in [5.41, 5.74) is -0.108. The van der Waals surface area contributed by atoms with Gasteiger partial charge in [-0.05, 0) is 48.0 Å². The van der Waals surface area contributed by atoms with Crippen LogP contribution in [0.1, 0.15) is 58.9 Å². The molecular weight excluding hydrogens is 366 g/mol. The molecule has 1 aromatic carbocycles. The molecule has 0 radical (unpaired) electrons. The minimum absolute atomic E-state index is 0.0574. The molecule has 4 rings (SSSR count). The minimum atomic E-state index is -1.10. The second kappa shape index (κ2) is 6.57. The Labute approximate surface area is 172 Å². The SMILES string of the molecule is CCC1(c2ccccc2)NC(=O)N(CC(=O)NC2CC3CCC2(C)C3(C)C)C1=O. The highest BCUT2D eigenvalue weighted by Crippen LogP contribution is 2.65. The van der Waals surface area contributed by atoms with Gasteiger partial charge in [0.25, 0.3) is 5.91 Å². The van der Waals surface area contributed by atoms with Crippen LogP contribution in [-0.2, 0) is 15.1 Å². The van der Waals surface area contributed by atoms with Crippen LogP contribution in [0.4, 0.5) is 4.79 Å². The van der Waals surface area contributed by atoms with Crippen LogP contribution < -0.4 is 10.6 Å². The average molecular weight is 398 g/mol. The summed E-state index contributed by atoms with van der Waals surface area (Å²) < 4.78 is 0. The number of nitrogens with one attached hydrogen (secondary N) is 2. The van der Waals surface area contributed by atoms with Crippen molar-refractivity contribution in [2.24, 2.45) is 16.7 Å². The third-order valence-corrected chi connectivity index (χ3v) is 8.40. The molecule has 0 spiro atoms. The lowest BCUT2D eigenvalue weighted by atomic mass is 9.69. The zero-order valence-corrected chi connectivity index (χ0v) is 17.7. The predicted octanol–water partition coefficient (Wildman–Crippen LogP) is 3.17. The van der Waals surface area contributed by atoms with Gasteiger partial charge in [-0.3, -0.25) is 14.5 Å². The zero-order chi connectivity index (χ0) is 21.0. The van der Waals surface area contributed by atoms with E-state index in [4.69, 9.17) is 0 Å². The summed E-state index contributed by atoms with van der Waals surface area (Å²) >= 11 is 0. The van der Waals surface area contributed by atoms with Crippen molar-refractivity contribution < 1.29 is 14.4 Å². The van der Waals surface area contributed by atoms with Crippen LogP contribution in [0, 0.1) is 16.7 Å². The van der Waals surface area contributed by atoms with E-state index >= 15 is 0 Å². The van der Waals surface area contributed by atoms with Crippen molar-refractivity contribution in [2.75, 3.05) is 6.54 Å². The molecule has 4 atom stereocenters. The molecule has 1 aromatic rings. The fraction of sp³-hybridized carbons (Fsp3) is 0.609. The van der Waals surface area contributed by atoms with Crippen LogP contribution in [0.15, 0.2) is 30.3 Å². The van der Waals surface area contributed by atoms with Crippen molar-refractivity contribution in [1.82, 2.24) is 15.5 Å². The van der Waals surface area contributed by atoms with Crippen LogP contribution >= 0.6 is 0 Å². The van der Waals surface area contributed by atoms with E-state index in [1.807, 2.05) is 37.3 Å². The van der Waals surface area contributed by atoms with Gasteiger partial charge in [0, 0.05) is 6.04 Å². The molecule has 3 aliphatic rings. The first-order chi connectivity index (χ1) is 13.7. The number of benzene rings is 1. The van der Waals surface area contributed by atoms with E-state index in [0.29, 0.717) is 12.3 Å². The standard InChI is InChI=1S/C23H31N3O3/c1-5-23(15-9-7-6-8-10-15)19(28)26(20(29)25-23)14-18(27)24-17-13-16-11-12-22(17,4)21(16,2)3/h6-10,16-17H,5,11-14H2,1-4H3,(H,24,27)(H,25,29). The molecule has 1 heterocycles. The zero-order valence-electron chi connectivity index (χ0n) is 17.7. The van der Waals surface area contributed by atoms with Gasteiger partial charge in [0.05, 0.1) is 0 Å². The van der Waals surface area contributed by atoms with E-state index in [-0.39, 0.29) is 35.2 Å². The predicted molar refractivity (Wildman–Crippen MR) is 110 cm³/mol. The van der Waals surface area contributed by atoms with Gasteiger partial charge < -0.3 is 10.6 Å². The van der Waals surface area contributed by atoms with Crippen molar-refractivity contribution in [3.8, 4) is 0 Å². The number of amides is 4.